The molecule has 0 aliphatic carbocycles. The van der Waals surface area contributed by atoms with Gasteiger partial charge in [0.2, 0.25) is 0 Å². The van der Waals surface area contributed by atoms with E-state index in [1.165, 1.54) is 0 Å². The molecule has 0 radical (unpaired) electrons. The molecule has 0 saturated carbocycles. The minimum Gasteiger partial charge on any atom is -0.600 e. The number of hydrogen-bond donors (Lipinski definition) is 2. The van der Waals surface area contributed by atoms with E-state index < -0.39 is 10.1 Å². The van der Waals surface area contributed by atoms with E-state index in [1.807, 2.05) is 25.1 Å². The molecule has 2 unspecified atom stereocenters. The molecular formula is C12H15N3OS. The van der Waals surface area contributed by atoms with Gasteiger partial charge in [-0.1, -0.05) is 18.2 Å². The Balaban J connectivity index is 2.39. The van der Waals surface area contributed by atoms with Gasteiger partial charge in [-0.15, -0.1) is 12.6 Å². The number of benzene rings is 1. The number of allylic oxidation sites excluding steroid dienone is 1. The summed E-state index contributed by atoms with van der Waals surface area (Å²) in [4.78, 5) is 3.96. The summed E-state index contributed by atoms with van der Waals surface area (Å²) in [7, 11) is 1.68. The number of quaternary nitrogens is 1. The van der Waals surface area contributed by atoms with Gasteiger partial charge >= 0.3 is 0 Å². The Morgan fingerprint density at radius 2 is 2.06 bits per heavy atom. The lowest BCUT2D eigenvalue weighted by atomic mass is 10.2. The van der Waals surface area contributed by atoms with Crippen LogP contribution in [0.5, 0.6) is 0 Å². The Morgan fingerprint density at radius 1 is 1.41 bits per heavy atom. The second kappa shape index (κ2) is 4.52. The largest absolute Gasteiger partial charge is 0.600 e. The number of aliphatic imine (C=N–C) groups is 1. The van der Waals surface area contributed by atoms with Gasteiger partial charge in [0.15, 0.2) is 11.1 Å². The average molecular weight is 249 g/mol. The summed E-state index contributed by atoms with van der Waals surface area (Å²) in [5.74, 6) is 0. The molecule has 1 aliphatic rings. The van der Waals surface area contributed by atoms with Crippen LogP contribution in [0.3, 0.4) is 0 Å². The summed E-state index contributed by atoms with van der Waals surface area (Å²) >= 11 is 4.42. The van der Waals surface area contributed by atoms with Gasteiger partial charge in [0.25, 0.3) is 0 Å². The molecule has 0 spiro atoms. The summed E-state index contributed by atoms with van der Waals surface area (Å²) in [5.41, 5.74) is 5.20. The predicted molar refractivity (Wildman–Crippen MR) is 74.6 cm³/mol. The molecule has 17 heavy (non-hydrogen) atoms. The van der Waals surface area contributed by atoms with Gasteiger partial charge in [-0.2, -0.15) is 0 Å². The molecule has 1 aromatic rings. The Bertz CT molecular complexity index is 472. The first kappa shape index (κ1) is 12.2. The van der Waals surface area contributed by atoms with E-state index in [2.05, 4.69) is 23.0 Å². The molecule has 1 aliphatic heterocycles. The number of hydrogen-bond acceptors (Lipinski definition) is 4. The van der Waals surface area contributed by atoms with Crippen molar-refractivity contribution in [3.05, 3.63) is 46.8 Å². The standard InChI is InChI=1S/C12H15N3OS/c1-9-11(8-13-2)12(17)15(16,14-9)10-6-4-3-5-7-10/h3-8,12,14,17H,1-2H3. The third-order valence-corrected chi connectivity index (χ3v) is 3.40. The summed E-state index contributed by atoms with van der Waals surface area (Å²) in [6.45, 7) is 1.86. The van der Waals surface area contributed by atoms with Crippen LogP contribution in [-0.4, -0.2) is 18.6 Å². The van der Waals surface area contributed by atoms with Crippen molar-refractivity contribution < 1.29 is 0 Å². The van der Waals surface area contributed by atoms with E-state index in [0.29, 0.717) is 5.69 Å². The zero-order valence-corrected chi connectivity index (χ0v) is 10.7. The van der Waals surface area contributed by atoms with Gasteiger partial charge in [-0.3, -0.25) is 4.99 Å². The zero-order chi connectivity index (χ0) is 12.5. The van der Waals surface area contributed by atoms with Crippen molar-refractivity contribution in [3.63, 3.8) is 0 Å². The first-order chi connectivity index (χ1) is 8.09. The van der Waals surface area contributed by atoms with E-state index in [1.54, 1.807) is 25.4 Å². The zero-order valence-electron chi connectivity index (χ0n) is 9.79. The van der Waals surface area contributed by atoms with E-state index in [0.717, 1.165) is 11.3 Å². The predicted octanol–water partition coefficient (Wildman–Crippen LogP) is 2.24. The Hall–Kier alpha value is -1.30. The van der Waals surface area contributed by atoms with Crippen molar-refractivity contribution in [1.82, 2.24) is 10.2 Å². The smallest absolute Gasteiger partial charge is 0.189 e. The molecule has 2 atom stereocenters. The minimum absolute atomic E-state index is 0.499. The quantitative estimate of drug-likeness (QED) is 0.365. The van der Waals surface area contributed by atoms with Gasteiger partial charge in [0.1, 0.15) is 0 Å². The van der Waals surface area contributed by atoms with E-state index in [4.69, 9.17) is 0 Å². The number of para-hydroxylation sites is 1. The maximum atomic E-state index is 12.8. The molecule has 0 fully saturated rings. The first-order valence-corrected chi connectivity index (χ1v) is 5.86. The molecule has 1 N–H and O–H groups in total. The molecule has 2 rings (SSSR count). The van der Waals surface area contributed by atoms with Crippen LogP contribution in [0.25, 0.3) is 0 Å². The third-order valence-electron chi connectivity index (χ3n) is 2.80. The fraction of sp³-hybridized carbons (Fsp3) is 0.250. The summed E-state index contributed by atoms with van der Waals surface area (Å²) in [6.07, 6.45) is 1.68. The number of nitrogens with zero attached hydrogens (tertiary/aromatic N) is 2. The molecule has 4 nitrogen and oxygen atoms in total. The molecule has 90 valence electrons. The molecule has 0 saturated heterocycles. The van der Waals surface area contributed by atoms with Crippen LogP contribution < -0.4 is 10.2 Å². The van der Waals surface area contributed by atoms with Crippen LogP contribution in [0.4, 0.5) is 5.69 Å². The van der Waals surface area contributed by atoms with Crippen molar-refractivity contribution in [1.29, 1.82) is 0 Å². The van der Waals surface area contributed by atoms with Crippen molar-refractivity contribution in [2.75, 3.05) is 7.05 Å². The summed E-state index contributed by atoms with van der Waals surface area (Å²) < 4.78 is -0.683. The topological polar surface area (TPSA) is 47.5 Å². The van der Waals surface area contributed by atoms with Gasteiger partial charge < -0.3 is 5.21 Å². The Labute approximate surface area is 106 Å². The highest BCUT2D eigenvalue weighted by Gasteiger charge is 2.39. The van der Waals surface area contributed by atoms with Crippen molar-refractivity contribution in [2.45, 2.75) is 12.3 Å². The Kier molecular flexibility index (Phi) is 3.24. The molecule has 1 aromatic carbocycles. The van der Waals surface area contributed by atoms with Crippen LogP contribution in [0, 0.1) is 5.21 Å². The van der Waals surface area contributed by atoms with Gasteiger partial charge in [0.05, 0.1) is 11.3 Å². The maximum Gasteiger partial charge on any atom is 0.189 e. The third kappa shape index (κ3) is 1.97. The molecule has 0 amide bonds. The minimum atomic E-state index is -0.683. The van der Waals surface area contributed by atoms with E-state index >= 15 is 0 Å². The lowest BCUT2D eigenvalue weighted by Crippen LogP contribution is -2.54. The molecule has 0 bridgehead atoms. The van der Waals surface area contributed by atoms with Crippen LogP contribution in [0.15, 0.2) is 46.6 Å². The second-order valence-corrected chi connectivity index (χ2v) is 4.44. The fourth-order valence-corrected chi connectivity index (χ4v) is 2.37. The summed E-state index contributed by atoms with van der Waals surface area (Å²) in [6, 6.07) is 9.16. The number of hydroxylamine groups is 1. The van der Waals surface area contributed by atoms with Crippen molar-refractivity contribution >= 4 is 24.5 Å². The van der Waals surface area contributed by atoms with Crippen LogP contribution in [-0.2, 0) is 0 Å². The van der Waals surface area contributed by atoms with Gasteiger partial charge in [-0.25, -0.2) is 10.2 Å². The van der Waals surface area contributed by atoms with E-state index in [-0.39, 0.29) is 0 Å². The fourth-order valence-electron chi connectivity index (χ4n) is 1.92. The van der Waals surface area contributed by atoms with Gasteiger partial charge in [0, 0.05) is 25.4 Å². The highest BCUT2D eigenvalue weighted by atomic mass is 32.1. The van der Waals surface area contributed by atoms with E-state index in [9.17, 15) is 5.21 Å². The molecule has 1 heterocycles. The SMILES string of the molecule is CN=CC1=C(C)N[N+]([O-])(c2ccccc2)C1S. The highest BCUT2D eigenvalue weighted by Crippen LogP contribution is 2.34. The lowest BCUT2D eigenvalue weighted by molar-refractivity contribution is 0.340. The summed E-state index contributed by atoms with van der Waals surface area (Å²) in [5, 5.41) is 12.3. The van der Waals surface area contributed by atoms with Gasteiger partial charge in [-0.05, 0) is 6.92 Å². The van der Waals surface area contributed by atoms with Crippen molar-refractivity contribution in [2.24, 2.45) is 4.99 Å². The Morgan fingerprint density at radius 3 is 2.65 bits per heavy atom. The molecule has 5 heteroatoms. The van der Waals surface area contributed by atoms with Crippen LogP contribution >= 0.6 is 12.6 Å². The normalized spacial score (nSPS) is 28.8. The maximum absolute atomic E-state index is 12.8. The number of nitrogens with one attached hydrogen (secondary N) is 1. The van der Waals surface area contributed by atoms with Crippen molar-refractivity contribution in [3.8, 4) is 0 Å². The average Bonchev–Trinajstić information content (AvgIpc) is 2.56. The number of rotatable bonds is 2. The molecule has 0 aromatic heterocycles. The van der Waals surface area contributed by atoms with Crippen LogP contribution in [0.2, 0.25) is 0 Å². The monoisotopic (exact) mass is 249 g/mol. The lowest BCUT2D eigenvalue weighted by Gasteiger charge is -2.40. The first-order valence-electron chi connectivity index (χ1n) is 5.34. The second-order valence-electron chi connectivity index (χ2n) is 3.95. The van der Waals surface area contributed by atoms with Crippen LogP contribution in [0.1, 0.15) is 6.92 Å². The molecular weight excluding hydrogens is 234 g/mol. The highest BCUT2D eigenvalue weighted by molar-refractivity contribution is 7.81. The number of thiol groups is 1.